The summed E-state index contributed by atoms with van der Waals surface area (Å²) in [6, 6.07) is 18.7. The van der Waals surface area contributed by atoms with Crippen molar-refractivity contribution in [2.24, 2.45) is 10.9 Å². The van der Waals surface area contributed by atoms with E-state index in [2.05, 4.69) is 63.5 Å². The molecule has 2 aromatic carbocycles. The van der Waals surface area contributed by atoms with Crippen LogP contribution in [0.25, 0.3) is 0 Å². The number of rotatable bonds is 8. The summed E-state index contributed by atoms with van der Waals surface area (Å²) in [6.07, 6.45) is 2.95. The number of nitrogens with one attached hydrogen (secondary N) is 2. The molecule has 3 rings (SSSR count). The summed E-state index contributed by atoms with van der Waals surface area (Å²) in [5.74, 6) is 2.30. The van der Waals surface area contributed by atoms with E-state index in [-0.39, 0.29) is 0 Å². The molecule has 148 valence electrons. The molecule has 1 aliphatic heterocycles. The molecule has 2 N–H and O–H groups in total. The normalized spacial score (nSPS) is 16.7. The van der Waals surface area contributed by atoms with Crippen LogP contribution < -0.4 is 20.3 Å². The molecule has 0 aromatic heterocycles. The SMILES string of the molecule is C=CCOc1ccccc1CNC(=NC)NCC1CCN(c2ccccc2)C1. The number of anilines is 1. The van der Waals surface area contributed by atoms with Gasteiger partial charge in [0.15, 0.2) is 5.96 Å². The van der Waals surface area contributed by atoms with Crippen LogP contribution in [0.5, 0.6) is 5.75 Å². The molecule has 1 atom stereocenters. The van der Waals surface area contributed by atoms with Gasteiger partial charge >= 0.3 is 0 Å². The van der Waals surface area contributed by atoms with Crippen LogP contribution in [0, 0.1) is 5.92 Å². The molecule has 0 saturated carbocycles. The van der Waals surface area contributed by atoms with E-state index in [4.69, 9.17) is 4.74 Å². The molecule has 2 aromatic rings. The third-order valence-electron chi connectivity index (χ3n) is 4.96. The van der Waals surface area contributed by atoms with Crippen molar-refractivity contribution in [3.05, 3.63) is 72.8 Å². The lowest BCUT2D eigenvalue weighted by atomic mass is 10.1. The second-order valence-corrected chi connectivity index (χ2v) is 6.95. The molecular weight excluding hydrogens is 348 g/mol. The van der Waals surface area contributed by atoms with Gasteiger partial charge in [-0.05, 0) is 30.5 Å². The Morgan fingerprint density at radius 1 is 1.18 bits per heavy atom. The van der Waals surface area contributed by atoms with E-state index >= 15 is 0 Å². The highest BCUT2D eigenvalue weighted by atomic mass is 16.5. The molecule has 1 saturated heterocycles. The molecule has 28 heavy (non-hydrogen) atoms. The first-order valence-electron chi connectivity index (χ1n) is 9.86. The predicted molar refractivity (Wildman–Crippen MR) is 117 cm³/mol. The lowest BCUT2D eigenvalue weighted by Crippen LogP contribution is -2.40. The average Bonchev–Trinajstić information content (AvgIpc) is 3.23. The molecule has 0 aliphatic carbocycles. The fourth-order valence-corrected chi connectivity index (χ4v) is 3.45. The fraction of sp³-hybridized carbons (Fsp3) is 0.348. The van der Waals surface area contributed by atoms with Crippen LogP contribution in [0.2, 0.25) is 0 Å². The Hall–Kier alpha value is -2.95. The standard InChI is InChI=1S/C23H30N4O/c1-3-15-28-22-12-8-7-9-20(22)17-26-23(24-2)25-16-19-13-14-27(18-19)21-10-5-4-6-11-21/h3-12,19H,1,13-18H2,2H3,(H2,24,25,26). The van der Waals surface area contributed by atoms with Gasteiger partial charge in [-0.15, -0.1) is 0 Å². The van der Waals surface area contributed by atoms with E-state index in [0.29, 0.717) is 19.1 Å². The Morgan fingerprint density at radius 3 is 2.75 bits per heavy atom. The van der Waals surface area contributed by atoms with Gasteiger partial charge in [-0.25, -0.2) is 0 Å². The zero-order valence-corrected chi connectivity index (χ0v) is 16.6. The molecule has 0 amide bonds. The van der Waals surface area contributed by atoms with Crippen molar-refractivity contribution < 1.29 is 4.74 Å². The van der Waals surface area contributed by atoms with Crippen LogP contribution in [-0.4, -0.2) is 39.2 Å². The number of hydrogen-bond donors (Lipinski definition) is 2. The molecule has 1 heterocycles. The lowest BCUT2D eigenvalue weighted by molar-refractivity contribution is 0.358. The molecule has 5 nitrogen and oxygen atoms in total. The van der Waals surface area contributed by atoms with E-state index in [0.717, 1.165) is 36.9 Å². The molecular formula is C23H30N4O. The highest BCUT2D eigenvalue weighted by molar-refractivity contribution is 5.79. The number of hydrogen-bond acceptors (Lipinski definition) is 3. The van der Waals surface area contributed by atoms with Crippen molar-refractivity contribution >= 4 is 11.6 Å². The second-order valence-electron chi connectivity index (χ2n) is 6.95. The van der Waals surface area contributed by atoms with Gasteiger partial charge < -0.3 is 20.3 Å². The monoisotopic (exact) mass is 378 g/mol. The Labute approximate surface area is 168 Å². The lowest BCUT2D eigenvalue weighted by Gasteiger charge is -2.19. The van der Waals surface area contributed by atoms with E-state index < -0.39 is 0 Å². The molecule has 0 bridgehead atoms. The van der Waals surface area contributed by atoms with Gasteiger partial charge in [-0.3, -0.25) is 4.99 Å². The third kappa shape index (κ3) is 5.52. The average molecular weight is 379 g/mol. The van der Waals surface area contributed by atoms with Gasteiger partial charge in [-0.2, -0.15) is 0 Å². The van der Waals surface area contributed by atoms with Crippen molar-refractivity contribution in [3.63, 3.8) is 0 Å². The summed E-state index contributed by atoms with van der Waals surface area (Å²) in [4.78, 5) is 6.81. The Morgan fingerprint density at radius 2 is 1.96 bits per heavy atom. The first-order chi connectivity index (χ1) is 13.8. The number of para-hydroxylation sites is 2. The Kier molecular flexibility index (Phi) is 7.36. The van der Waals surface area contributed by atoms with Crippen molar-refractivity contribution in [2.45, 2.75) is 13.0 Å². The third-order valence-corrected chi connectivity index (χ3v) is 4.96. The quantitative estimate of drug-likeness (QED) is 0.420. The van der Waals surface area contributed by atoms with Crippen LogP contribution in [-0.2, 0) is 6.54 Å². The van der Waals surface area contributed by atoms with Gasteiger partial charge in [0, 0.05) is 44.5 Å². The summed E-state index contributed by atoms with van der Waals surface area (Å²) in [5, 5.41) is 6.86. The van der Waals surface area contributed by atoms with Gasteiger partial charge in [0.2, 0.25) is 0 Å². The molecule has 5 heteroatoms. The maximum atomic E-state index is 5.72. The number of benzene rings is 2. The van der Waals surface area contributed by atoms with E-state index in [9.17, 15) is 0 Å². The molecule has 1 unspecified atom stereocenters. The topological polar surface area (TPSA) is 48.9 Å². The maximum absolute atomic E-state index is 5.72. The number of ether oxygens (including phenoxy) is 1. The van der Waals surface area contributed by atoms with Gasteiger partial charge in [0.1, 0.15) is 12.4 Å². The number of guanidine groups is 1. The number of aliphatic imine (C=N–C) groups is 1. The van der Waals surface area contributed by atoms with E-state index in [1.807, 2.05) is 18.2 Å². The van der Waals surface area contributed by atoms with Crippen molar-refractivity contribution in [1.29, 1.82) is 0 Å². The zero-order chi connectivity index (χ0) is 19.6. The van der Waals surface area contributed by atoms with Crippen LogP contribution in [0.15, 0.2) is 72.2 Å². The fourth-order valence-electron chi connectivity index (χ4n) is 3.45. The van der Waals surface area contributed by atoms with Gasteiger partial charge in [0.05, 0.1) is 0 Å². The minimum atomic E-state index is 0.504. The molecule has 1 fully saturated rings. The highest BCUT2D eigenvalue weighted by Gasteiger charge is 2.22. The number of nitrogens with zero attached hydrogens (tertiary/aromatic N) is 2. The molecule has 1 aliphatic rings. The molecule has 0 radical (unpaired) electrons. The second kappa shape index (κ2) is 10.4. The van der Waals surface area contributed by atoms with Crippen molar-refractivity contribution in [2.75, 3.05) is 38.2 Å². The zero-order valence-electron chi connectivity index (χ0n) is 16.6. The van der Waals surface area contributed by atoms with Crippen LogP contribution in [0.1, 0.15) is 12.0 Å². The maximum Gasteiger partial charge on any atom is 0.191 e. The smallest absolute Gasteiger partial charge is 0.191 e. The van der Waals surface area contributed by atoms with Crippen LogP contribution >= 0.6 is 0 Å². The minimum Gasteiger partial charge on any atom is -0.489 e. The van der Waals surface area contributed by atoms with E-state index in [1.54, 1.807) is 13.1 Å². The van der Waals surface area contributed by atoms with Crippen molar-refractivity contribution in [1.82, 2.24) is 10.6 Å². The van der Waals surface area contributed by atoms with Gasteiger partial charge in [-0.1, -0.05) is 49.1 Å². The molecule has 0 spiro atoms. The summed E-state index contributed by atoms with van der Waals surface area (Å²) in [5.41, 5.74) is 2.41. The highest BCUT2D eigenvalue weighted by Crippen LogP contribution is 2.23. The first-order valence-corrected chi connectivity index (χ1v) is 9.86. The predicted octanol–water partition coefficient (Wildman–Crippen LogP) is 3.44. The van der Waals surface area contributed by atoms with Crippen LogP contribution in [0.4, 0.5) is 5.69 Å². The van der Waals surface area contributed by atoms with Crippen molar-refractivity contribution in [3.8, 4) is 5.75 Å². The Bertz CT molecular complexity index is 775. The summed E-state index contributed by atoms with van der Waals surface area (Å²) >= 11 is 0. The summed E-state index contributed by atoms with van der Waals surface area (Å²) in [7, 11) is 1.81. The van der Waals surface area contributed by atoms with E-state index in [1.165, 1.54) is 12.1 Å². The first kappa shape index (κ1) is 19.8. The summed E-state index contributed by atoms with van der Waals surface area (Å²) < 4.78 is 5.72. The van der Waals surface area contributed by atoms with Crippen LogP contribution in [0.3, 0.4) is 0 Å². The Balaban J connectivity index is 1.46. The summed E-state index contributed by atoms with van der Waals surface area (Å²) in [6.45, 7) is 7.97. The van der Waals surface area contributed by atoms with Gasteiger partial charge in [0.25, 0.3) is 0 Å². The largest absolute Gasteiger partial charge is 0.489 e. The minimum absolute atomic E-state index is 0.504.